The van der Waals surface area contributed by atoms with Crippen molar-refractivity contribution in [3.63, 3.8) is 0 Å². The number of ether oxygens (including phenoxy) is 2. The van der Waals surface area contributed by atoms with Crippen LogP contribution in [-0.4, -0.2) is 56.3 Å². The summed E-state index contributed by atoms with van der Waals surface area (Å²) in [6.45, 7) is 10.9. The number of benzene rings is 2. The van der Waals surface area contributed by atoms with E-state index in [-0.39, 0.29) is 29.9 Å². The quantitative estimate of drug-likeness (QED) is 0.249. The molecule has 2 saturated heterocycles. The Morgan fingerprint density at radius 1 is 1.17 bits per heavy atom. The van der Waals surface area contributed by atoms with Gasteiger partial charge in [-0.05, 0) is 75.0 Å². The second-order valence-corrected chi connectivity index (χ2v) is 10.9. The summed E-state index contributed by atoms with van der Waals surface area (Å²) in [5.74, 6) is 0.268. The summed E-state index contributed by atoms with van der Waals surface area (Å²) < 4.78 is 28.4. The number of piperidine rings is 1. The fourth-order valence-corrected chi connectivity index (χ4v) is 5.93. The average Bonchev–Trinajstić information content (AvgIpc) is 3.65. The largest absolute Gasteiger partial charge is 0.478 e. The van der Waals surface area contributed by atoms with Gasteiger partial charge in [-0.15, -0.1) is 0 Å². The summed E-state index contributed by atoms with van der Waals surface area (Å²) in [6, 6.07) is 13.4. The summed E-state index contributed by atoms with van der Waals surface area (Å²) >= 11 is 0. The minimum atomic E-state index is -0.952. The van der Waals surface area contributed by atoms with Gasteiger partial charge in [0, 0.05) is 23.9 Å². The predicted octanol–water partition coefficient (Wildman–Crippen LogP) is 5.96. The first-order valence-electron chi connectivity index (χ1n) is 14.3. The number of nitrogens with zero attached hydrogens (tertiary/aromatic N) is 5. The first-order valence-corrected chi connectivity index (χ1v) is 14.3. The molecule has 2 aromatic heterocycles. The van der Waals surface area contributed by atoms with Crippen LogP contribution in [0.15, 0.2) is 54.7 Å². The lowest BCUT2D eigenvalue weighted by molar-refractivity contribution is 0.0697. The van der Waals surface area contributed by atoms with Crippen LogP contribution in [0, 0.1) is 12.4 Å². The minimum Gasteiger partial charge on any atom is -0.478 e. The number of halogens is 1. The van der Waals surface area contributed by atoms with E-state index in [4.69, 9.17) is 21.0 Å². The van der Waals surface area contributed by atoms with E-state index in [2.05, 4.69) is 19.3 Å². The number of likely N-dealkylation sites (tertiary alicyclic amines) is 1. The lowest BCUT2D eigenvalue weighted by Crippen LogP contribution is -2.34. The van der Waals surface area contributed by atoms with E-state index in [0.29, 0.717) is 24.5 Å². The standard InChI is InChI=1S/C32H32FN5O4/c1-34-24-8-6-23(27(33)17-24)20-42-31-26(5-2-12-35-31)21-10-13-37(14-11-21)19-30-36-28-9-7-22(32(39)40)16-29(28)38(30)18-25-4-3-15-41-25/h2,5-9,12,16-17,21,25H,3-4,10-11,13-15,18-20H2,(H,39,40)/t25-/m0/s1. The number of fused-ring (bicyclic) bond motifs is 1. The molecule has 9 nitrogen and oxygen atoms in total. The highest BCUT2D eigenvalue weighted by Gasteiger charge is 2.26. The van der Waals surface area contributed by atoms with Crippen molar-refractivity contribution in [3.05, 3.63) is 94.5 Å². The summed E-state index contributed by atoms with van der Waals surface area (Å²) in [6.07, 6.45) is 5.61. The molecule has 2 fully saturated rings. The van der Waals surface area contributed by atoms with Gasteiger partial charge < -0.3 is 19.1 Å². The first kappa shape index (κ1) is 27.8. The van der Waals surface area contributed by atoms with Gasteiger partial charge in [0.15, 0.2) is 5.69 Å². The van der Waals surface area contributed by atoms with Crippen molar-refractivity contribution in [1.29, 1.82) is 0 Å². The molecule has 0 unspecified atom stereocenters. The molecule has 4 heterocycles. The summed E-state index contributed by atoms with van der Waals surface area (Å²) in [7, 11) is 0. The van der Waals surface area contributed by atoms with Crippen molar-refractivity contribution in [2.45, 2.75) is 57.4 Å². The molecule has 0 saturated carbocycles. The Morgan fingerprint density at radius 2 is 2.02 bits per heavy atom. The number of hydrogen-bond acceptors (Lipinski definition) is 6. The predicted molar refractivity (Wildman–Crippen MR) is 154 cm³/mol. The molecule has 2 aliphatic heterocycles. The molecule has 0 bridgehead atoms. The zero-order valence-corrected chi connectivity index (χ0v) is 23.2. The van der Waals surface area contributed by atoms with Gasteiger partial charge in [0.2, 0.25) is 5.88 Å². The van der Waals surface area contributed by atoms with Gasteiger partial charge in [-0.2, -0.15) is 0 Å². The molecule has 0 radical (unpaired) electrons. The Labute approximate surface area is 243 Å². The average molecular weight is 570 g/mol. The fourth-order valence-electron chi connectivity index (χ4n) is 5.93. The Morgan fingerprint density at radius 3 is 2.76 bits per heavy atom. The van der Waals surface area contributed by atoms with Gasteiger partial charge >= 0.3 is 5.97 Å². The number of carboxylic acid groups (broad SMARTS) is 1. The first-order chi connectivity index (χ1) is 20.5. The number of rotatable bonds is 9. The van der Waals surface area contributed by atoms with E-state index < -0.39 is 11.8 Å². The zero-order chi connectivity index (χ0) is 29.1. The third kappa shape index (κ3) is 5.98. The van der Waals surface area contributed by atoms with Crippen LogP contribution in [0.4, 0.5) is 10.1 Å². The Balaban J connectivity index is 1.14. The maximum absolute atomic E-state index is 14.4. The van der Waals surface area contributed by atoms with Crippen LogP contribution in [0.2, 0.25) is 0 Å². The van der Waals surface area contributed by atoms with Crippen LogP contribution in [0.1, 0.15) is 58.9 Å². The topological polar surface area (TPSA) is 94.1 Å². The van der Waals surface area contributed by atoms with E-state index in [1.165, 1.54) is 6.07 Å². The second kappa shape index (κ2) is 12.3. The van der Waals surface area contributed by atoms with E-state index in [0.717, 1.165) is 67.8 Å². The number of hydrogen-bond donors (Lipinski definition) is 1. The molecule has 0 amide bonds. The lowest BCUT2D eigenvalue weighted by atomic mass is 9.90. The Kier molecular flexibility index (Phi) is 8.13. The van der Waals surface area contributed by atoms with Gasteiger partial charge in [0.25, 0.3) is 0 Å². The smallest absolute Gasteiger partial charge is 0.335 e. The van der Waals surface area contributed by atoms with Crippen molar-refractivity contribution in [2.24, 2.45) is 0 Å². The molecule has 42 heavy (non-hydrogen) atoms. The molecule has 2 aromatic carbocycles. The molecule has 10 heteroatoms. The highest BCUT2D eigenvalue weighted by atomic mass is 19.1. The van der Waals surface area contributed by atoms with Crippen molar-refractivity contribution in [2.75, 3.05) is 19.7 Å². The normalized spacial score (nSPS) is 17.9. The van der Waals surface area contributed by atoms with Crippen LogP contribution >= 0.6 is 0 Å². The fraction of sp³-hybridized carbons (Fsp3) is 0.375. The van der Waals surface area contributed by atoms with Crippen LogP contribution in [-0.2, 0) is 24.4 Å². The number of aromatic carboxylic acids is 1. The number of pyridine rings is 1. The molecular weight excluding hydrogens is 537 g/mol. The summed E-state index contributed by atoms with van der Waals surface area (Å²) in [5.41, 5.74) is 3.53. The van der Waals surface area contributed by atoms with Crippen LogP contribution < -0.4 is 4.74 Å². The summed E-state index contributed by atoms with van der Waals surface area (Å²) in [5, 5.41) is 9.55. The zero-order valence-electron chi connectivity index (χ0n) is 23.2. The maximum atomic E-state index is 14.4. The van der Waals surface area contributed by atoms with E-state index in [1.54, 1.807) is 36.5 Å². The van der Waals surface area contributed by atoms with E-state index >= 15 is 0 Å². The van der Waals surface area contributed by atoms with Crippen LogP contribution in [0.25, 0.3) is 15.9 Å². The molecule has 6 rings (SSSR count). The van der Waals surface area contributed by atoms with Gasteiger partial charge in [-0.25, -0.2) is 24.0 Å². The highest BCUT2D eigenvalue weighted by molar-refractivity contribution is 5.92. The second-order valence-electron chi connectivity index (χ2n) is 10.9. The van der Waals surface area contributed by atoms with E-state index in [9.17, 15) is 14.3 Å². The third-order valence-electron chi connectivity index (χ3n) is 8.21. The lowest BCUT2D eigenvalue weighted by Gasteiger charge is -2.32. The van der Waals surface area contributed by atoms with Crippen molar-refractivity contribution < 1.29 is 23.8 Å². The SMILES string of the molecule is [C-]#[N+]c1ccc(COc2ncccc2C2CCN(Cc3nc4ccc(C(=O)O)cc4n3C[C@@H]3CCCO3)CC2)c(F)c1. The van der Waals surface area contributed by atoms with Crippen molar-refractivity contribution in [3.8, 4) is 5.88 Å². The Hall–Kier alpha value is -4.33. The maximum Gasteiger partial charge on any atom is 0.335 e. The summed E-state index contributed by atoms with van der Waals surface area (Å²) in [4.78, 5) is 26.7. The van der Waals surface area contributed by atoms with Gasteiger partial charge in [-0.1, -0.05) is 18.2 Å². The third-order valence-corrected chi connectivity index (χ3v) is 8.21. The van der Waals surface area contributed by atoms with Crippen molar-refractivity contribution >= 4 is 22.7 Å². The Bertz CT molecular complexity index is 1630. The van der Waals surface area contributed by atoms with Gasteiger partial charge in [0.1, 0.15) is 18.2 Å². The molecule has 2 aliphatic rings. The molecule has 1 atom stereocenters. The van der Waals surface area contributed by atoms with Gasteiger partial charge in [0.05, 0.1) is 42.4 Å². The molecule has 0 spiro atoms. The van der Waals surface area contributed by atoms with Crippen LogP contribution in [0.5, 0.6) is 5.88 Å². The molecule has 4 aromatic rings. The van der Waals surface area contributed by atoms with E-state index in [1.807, 2.05) is 12.1 Å². The highest BCUT2D eigenvalue weighted by Crippen LogP contribution is 2.34. The van der Waals surface area contributed by atoms with Crippen LogP contribution in [0.3, 0.4) is 0 Å². The van der Waals surface area contributed by atoms with Crippen molar-refractivity contribution in [1.82, 2.24) is 19.4 Å². The number of aromatic nitrogens is 3. The monoisotopic (exact) mass is 569 g/mol. The number of imidazole rings is 1. The van der Waals surface area contributed by atoms with Gasteiger partial charge in [-0.3, -0.25) is 4.90 Å². The minimum absolute atomic E-state index is 0.0392. The molecule has 1 N–H and O–H groups in total. The molecular formula is C32H32FN5O4. The number of carbonyl (C=O) groups is 1. The number of carboxylic acids is 1. The molecule has 216 valence electrons. The molecule has 0 aliphatic carbocycles.